The molecule has 9 heteroatoms. The highest BCUT2D eigenvalue weighted by atomic mass is 16.3. The Labute approximate surface area is 630 Å². The van der Waals surface area contributed by atoms with Crippen LogP contribution in [0.2, 0.25) is 0 Å². The van der Waals surface area contributed by atoms with Crippen LogP contribution < -0.4 is 0 Å². The van der Waals surface area contributed by atoms with Crippen LogP contribution in [0.15, 0.2) is 112 Å². The molecule has 594 valence electrons. The van der Waals surface area contributed by atoms with E-state index in [1.807, 2.05) is 57.2 Å². The van der Waals surface area contributed by atoms with Crippen LogP contribution in [-0.2, 0) is 0 Å². The van der Waals surface area contributed by atoms with Crippen molar-refractivity contribution < 1.29 is 46.0 Å². The van der Waals surface area contributed by atoms with E-state index in [1.54, 1.807) is 0 Å². The molecule has 0 aromatic heterocycles. The van der Waals surface area contributed by atoms with E-state index in [2.05, 4.69) is 184 Å². The summed E-state index contributed by atoms with van der Waals surface area (Å²) >= 11 is 0. The van der Waals surface area contributed by atoms with Crippen molar-refractivity contribution in [1.29, 1.82) is 0 Å². The molecule has 0 saturated heterocycles. The van der Waals surface area contributed by atoms with Gasteiger partial charge in [0.25, 0.3) is 0 Å². The van der Waals surface area contributed by atoms with E-state index in [4.69, 9.17) is 0 Å². The monoisotopic (exact) mass is 1430 g/mol. The van der Waals surface area contributed by atoms with E-state index < -0.39 is 0 Å². The Morgan fingerprint density at radius 2 is 0.824 bits per heavy atom. The zero-order chi connectivity index (χ0) is 79.0. The zero-order valence-electron chi connectivity index (χ0n) is 70.3. The topological polar surface area (TPSA) is 182 Å². The highest BCUT2D eigenvalue weighted by Crippen LogP contribution is 2.48. The van der Waals surface area contributed by atoms with Gasteiger partial charge in [0.05, 0.1) is 54.9 Å². The summed E-state index contributed by atoms with van der Waals surface area (Å²) in [7, 11) is 0. The van der Waals surface area contributed by atoms with Crippen LogP contribution in [0.3, 0.4) is 0 Å². The van der Waals surface area contributed by atoms with Gasteiger partial charge in [0, 0.05) is 17.8 Å². The molecule has 0 aromatic carbocycles. The summed E-state index contributed by atoms with van der Waals surface area (Å²) in [6.07, 6.45) is 39.2. The standard InChI is InChI=1S/3C11H20O.6C10H18O/c1-8(2)9-7-11(3,4)6-5-10(9)12;1-8(2)9-5-6-11(3,4)7-10(9)12;1-8(2)10-9(12)6-5-7-11(10,3)4;1-4-10(3)6-8(2)5-9(11)7-10;1-4-10(3)6-5-9(11)8(2)7-10;1-4-10(3)6-5-9(11)7-8(10)2;1-4-10(3)6-5-8(2)9(11)7-10;1-4-10(3)7-9(11)6-5-8(10)2;1-4-10(3)7-5-6-9(11)8(10)2/h3*9-10,12H,1,5-7H2,2-4H3;6*4,8-9,11H,1,5-7H2,2-3H3. The van der Waals surface area contributed by atoms with Crippen LogP contribution in [0.4, 0.5) is 0 Å². The average Bonchev–Trinajstić information content (AvgIpc) is 0.830. The molecule has 0 heterocycles. The summed E-state index contributed by atoms with van der Waals surface area (Å²) in [6, 6.07) is 0. The van der Waals surface area contributed by atoms with Crippen LogP contribution in [0.25, 0.3) is 0 Å². The molecule has 24 atom stereocenters. The van der Waals surface area contributed by atoms with Gasteiger partial charge in [-0.2, -0.15) is 0 Å². The number of aliphatic hydroxyl groups excluding tert-OH is 9. The number of aliphatic hydroxyl groups is 9. The molecule has 0 spiro atoms. The summed E-state index contributed by atoms with van der Waals surface area (Å²) < 4.78 is 0. The molecule has 9 aliphatic rings. The van der Waals surface area contributed by atoms with Crippen molar-refractivity contribution in [2.75, 3.05) is 0 Å². The first kappa shape index (κ1) is 97.3. The lowest BCUT2D eigenvalue weighted by Crippen LogP contribution is -2.38. The van der Waals surface area contributed by atoms with E-state index in [-0.39, 0.29) is 92.8 Å². The molecular formula is C93H168O9. The van der Waals surface area contributed by atoms with Crippen molar-refractivity contribution in [2.24, 2.45) is 102 Å². The molecule has 9 N–H and O–H groups in total. The van der Waals surface area contributed by atoms with Gasteiger partial charge < -0.3 is 46.0 Å². The van der Waals surface area contributed by atoms with Crippen molar-refractivity contribution in [3.63, 3.8) is 0 Å². The second kappa shape index (κ2) is 42.9. The number of hydrogen-bond acceptors (Lipinski definition) is 9. The molecule has 0 aliphatic heterocycles. The lowest BCUT2D eigenvalue weighted by molar-refractivity contribution is 0.0122. The van der Waals surface area contributed by atoms with Crippen molar-refractivity contribution >= 4 is 0 Å². The van der Waals surface area contributed by atoms with Crippen molar-refractivity contribution in [1.82, 2.24) is 0 Å². The fraction of sp³-hybridized carbons (Fsp3) is 0.806. The molecule has 9 saturated carbocycles. The highest BCUT2D eigenvalue weighted by Gasteiger charge is 2.42. The zero-order valence-corrected chi connectivity index (χ0v) is 70.3. The Morgan fingerprint density at radius 3 is 1.25 bits per heavy atom. The van der Waals surface area contributed by atoms with E-state index in [0.29, 0.717) is 64.1 Å². The quantitative estimate of drug-likeness (QED) is 0.102. The SMILES string of the molecule is C=C(C)C1C(O)CCCC1(C)C.C=C(C)C1CC(C)(C)CCC1O.C=C(C)C1CCC(C)(C)CC1O.C=CC1(C)CC(C)CC(O)C1.C=CC1(C)CC(O)CCC1C.C=CC1(C)CCC(C)C(O)C1.C=CC1(C)CCC(O)C(C)C1.C=CC1(C)CCC(O)CC1C.C=CC1(C)CCCC(O)C1C. The Balaban J connectivity index is 0.000000574. The second-order valence-electron chi connectivity index (χ2n) is 39.2. The van der Waals surface area contributed by atoms with Crippen molar-refractivity contribution in [2.45, 2.75) is 374 Å². The molecular weight excluding hydrogens is 1260 g/mol. The lowest BCUT2D eigenvalue weighted by Gasteiger charge is -2.42. The van der Waals surface area contributed by atoms with E-state index in [9.17, 15) is 46.0 Å². The second-order valence-corrected chi connectivity index (χ2v) is 39.2. The van der Waals surface area contributed by atoms with E-state index in [1.165, 1.54) is 32.1 Å². The molecule has 0 amide bonds. The molecule has 9 aliphatic carbocycles. The van der Waals surface area contributed by atoms with Gasteiger partial charge in [-0.1, -0.05) is 210 Å². The molecule has 0 bridgehead atoms. The summed E-state index contributed by atoms with van der Waals surface area (Å²) in [4.78, 5) is 0. The molecule has 9 fully saturated rings. The third-order valence-corrected chi connectivity index (χ3v) is 27.4. The fourth-order valence-corrected chi connectivity index (χ4v) is 18.2. The Bertz CT molecular complexity index is 2490. The van der Waals surface area contributed by atoms with Crippen molar-refractivity contribution in [3.05, 3.63) is 112 Å². The van der Waals surface area contributed by atoms with Gasteiger partial charge in [0.15, 0.2) is 0 Å². The smallest absolute Gasteiger partial charge is 0.0610 e. The predicted octanol–water partition coefficient (Wildman–Crippen LogP) is 22.4. The van der Waals surface area contributed by atoms with Crippen LogP contribution in [0.1, 0.15) is 319 Å². The summed E-state index contributed by atoms with van der Waals surface area (Å²) in [5, 5.41) is 86.3. The molecule has 0 radical (unpaired) electrons. The number of hydrogen-bond donors (Lipinski definition) is 9. The maximum atomic E-state index is 9.81. The van der Waals surface area contributed by atoms with Crippen molar-refractivity contribution in [3.8, 4) is 0 Å². The largest absolute Gasteiger partial charge is 0.393 e. The summed E-state index contributed by atoms with van der Waals surface area (Å²) in [6.45, 7) is 80.5. The third kappa shape index (κ3) is 32.2. The molecule has 9 nitrogen and oxygen atoms in total. The van der Waals surface area contributed by atoms with E-state index in [0.717, 1.165) is 158 Å². The first-order chi connectivity index (χ1) is 46.8. The minimum absolute atomic E-state index is 0.0713. The van der Waals surface area contributed by atoms with Gasteiger partial charge in [-0.05, 0) is 266 Å². The Hall–Kier alpha value is -2.70. The van der Waals surface area contributed by atoms with Crippen LogP contribution in [0, 0.1) is 102 Å². The maximum absolute atomic E-state index is 9.81. The van der Waals surface area contributed by atoms with Gasteiger partial charge in [0.1, 0.15) is 0 Å². The van der Waals surface area contributed by atoms with Gasteiger partial charge >= 0.3 is 0 Å². The summed E-state index contributed by atoms with van der Waals surface area (Å²) in [5.41, 5.74) is 5.59. The molecule has 24 unspecified atom stereocenters. The van der Waals surface area contributed by atoms with Gasteiger partial charge in [-0.15, -0.1) is 39.5 Å². The van der Waals surface area contributed by atoms with Gasteiger partial charge in [0.2, 0.25) is 0 Å². The Kier molecular flexibility index (Phi) is 40.9. The molecule has 9 rings (SSSR count). The average molecular weight is 1430 g/mol. The number of allylic oxidation sites excluding steroid dienone is 6. The first-order valence-electron chi connectivity index (χ1n) is 40.7. The molecule has 0 aromatic rings. The maximum Gasteiger partial charge on any atom is 0.0610 e. The van der Waals surface area contributed by atoms with E-state index >= 15 is 0 Å². The van der Waals surface area contributed by atoms with Crippen LogP contribution >= 0.6 is 0 Å². The predicted molar refractivity (Wildman–Crippen MR) is 440 cm³/mol. The van der Waals surface area contributed by atoms with Gasteiger partial charge in [-0.25, -0.2) is 0 Å². The molecule has 102 heavy (non-hydrogen) atoms. The summed E-state index contributed by atoms with van der Waals surface area (Å²) in [5.74, 6) is 4.13. The first-order valence-corrected chi connectivity index (χ1v) is 40.7. The lowest BCUT2D eigenvalue weighted by atomic mass is 9.65. The van der Waals surface area contributed by atoms with Gasteiger partial charge in [-0.3, -0.25) is 0 Å². The van der Waals surface area contributed by atoms with Crippen LogP contribution in [-0.4, -0.2) is 101 Å². The normalized spacial score (nSPS) is 41.6. The highest BCUT2D eigenvalue weighted by molar-refractivity contribution is 5.09. The minimum atomic E-state index is -0.161. The number of rotatable bonds is 9. The third-order valence-electron chi connectivity index (χ3n) is 27.4. The Morgan fingerprint density at radius 1 is 0.324 bits per heavy atom. The fourth-order valence-electron chi connectivity index (χ4n) is 18.2. The van der Waals surface area contributed by atoms with Crippen LogP contribution in [0.5, 0.6) is 0 Å². The minimum Gasteiger partial charge on any atom is -0.393 e.